The Balaban J connectivity index is 1.85. The average Bonchev–Trinajstić information content (AvgIpc) is 3.22. The van der Waals surface area contributed by atoms with Crippen molar-refractivity contribution in [2.75, 3.05) is 32.0 Å². The van der Waals surface area contributed by atoms with E-state index in [2.05, 4.69) is 10.6 Å². The van der Waals surface area contributed by atoms with Crippen molar-refractivity contribution >= 4 is 41.0 Å². The number of Topliss-reactive ketones (excluding diaryl/α,β-unsaturated/α-hetero) is 2. The second-order valence-electron chi connectivity index (χ2n) is 12.3. The first-order valence-corrected chi connectivity index (χ1v) is 16.1. The summed E-state index contributed by atoms with van der Waals surface area (Å²) < 4.78 is 0. The summed E-state index contributed by atoms with van der Waals surface area (Å²) in [4.78, 5) is 66.3. The van der Waals surface area contributed by atoms with E-state index < -0.39 is 65.2 Å². The summed E-state index contributed by atoms with van der Waals surface area (Å²) in [6, 6.07) is -0.491. The molecule has 0 bridgehead atoms. The van der Waals surface area contributed by atoms with Crippen LogP contribution in [0.1, 0.15) is 60.8 Å². The van der Waals surface area contributed by atoms with Crippen LogP contribution in [0, 0.1) is 23.7 Å². The van der Waals surface area contributed by atoms with Crippen LogP contribution in [-0.2, 0) is 24.0 Å². The molecule has 2 fully saturated rings. The summed E-state index contributed by atoms with van der Waals surface area (Å²) in [7, 11) is 0. The normalized spacial score (nSPS) is 27.1. The number of aliphatic hydroxyl groups is 4. The summed E-state index contributed by atoms with van der Waals surface area (Å²) in [6.07, 6.45) is -3.64. The van der Waals surface area contributed by atoms with Gasteiger partial charge >= 0.3 is 0 Å². The summed E-state index contributed by atoms with van der Waals surface area (Å²) >= 11 is 0.941. The lowest BCUT2D eigenvalue weighted by Gasteiger charge is -2.44. The maximum absolute atomic E-state index is 12.9. The number of β-amino-alcohol motifs (C(OH)–C–C–N with tert-alkyl or cyclic N) is 1. The molecule has 43 heavy (non-hydrogen) atoms. The Kier molecular flexibility index (Phi) is 14.7. The van der Waals surface area contributed by atoms with Crippen LogP contribution in [0.15, 0.2) is 0 Å². The second kappa shape index (κ2) is 16.9. The number of hydrogen-bond donors (Lipinski definition) is 6. The summed E-state index contributed by atoms with van der Waals surface area (Å²) in [5.41, 5.74) is 0. The van der Waals surface area contributed by atoms with Crippen LogP contribution in [0.2, 0.25) is 0 Å². The Labute approximate surface area is 258 Å². The topological polar surface area (TPSA) is 197 Å². The molecule has 2 aliphatic heterocycles. The molecule has 0 aromatic rings. The van der Waals surface area contributed by atoms with E-state index in [-0.39, 0.29) is 49.0 Å². The van der Waals surface area contributed by atoms with Gasteiger partial charge in [0.1, 0.15) is 6.17 Å². The number of ketones is 2. The molecule has 0 aromatic carbocycles. The first-order chi connectivity index (χ1) is 20.1. The highest BCUT2D eigenvalue weighted by atomic mass is 32.2. The van der Waals surface area contributed by atoms with Crippen molar-refractivity contribution in [2.24, 2.45) is 23.7 Å². The molecule has 8 atom stereocenters. The quantitative estimate of drug-likeness (QED) is 0.0659. The maximum Gasteiger partial charge on any atom is 0.242 e. The second-order valence-corrected chi connectivity index (χ2v) is 13.5. The van der Waals surface area contributed by atoms with Gasteiger partial charge in [0.05, 0.1) is 35.9 Å². The molecule has 4 unspecified atom stereocenters. The van der Waals surface area contributed by atoms with Gasteiger partial charge in [0.2, 0.25) is 17.7 Å². The highest BCUT2D eigenvalue weighted by Crippen LogP contribution is 2.27. The van der Waals surface area contributed by atoms with Gasteiger partial charge in [-0.3, -0.25) is 39.1 Å². The van der Waals surface area contributed by atoms with E-state index in [1.165, 1.54) is 0 Å². The number of hydrogen-bond acceptors (Lipinski definition) is 12. The third-order valence-electron chi connectivity index (χ3n) is 8.51. The van der Waals surface area contributed by atoms with Crippen LogP contribution in [0.3, 0.4) is 0 Å². The van der Waals surface area contributed by atoms with Gasteiger partial charge in [-0.15, -0.1) is 11.8 Å². The predicted molar refractivity (Wildman–Crippen MR) is 160 cm³/mol. The first-order valence-electron chi connectivity index (χ1n) is 15.1. The molecular formula is C29H50N4O9S. The maximum atomic E-state index is 12.9. The van der Waals surface area contributed by atoms with Gasteiger partial charge in [0.15, 0.2) is 17.8 Å². The number of rotatable bonds is 17. The van der Waals surface area contributed by atoms with E-state index in [9.17, 15) is 44.4 Å². The minimum absolute atomic E-state index is 0.0178. The number of nitrogens with one attached hydrogen (secondary N) is 2. The molecule has 2 saturated heterocycles. The first kappa shape index (κ1) is 37.2. The van der Waals surface area contributed by atoms with Crippen LogP contribution in [-0.4, -0.2) is 127 Å². The zero-order chi connectivity index (χ0) is 32.6. The van der Waals surface area contributed by atoms with Crippen molar-refractivity contribution in [3.05, 3.63) is 0 Å². The molecule has 0 radical (unpaired) electrons. The van der Waals surface area contributed by atoms with Crippen LogP contribution >= 0.6 is 11.8 Å². The monoisotopic (exact) mass is 630 g/mol. The van der Waals surface area contributed by atoms with E-state index in [4.69, 9.17) is 0 Å². The van der Waals surface area contributed by atoms with Gasteiger partial charge in [-0.1, -0.05) is 41.5 Å². The van der Waals surface area contributed by atoms with Crippen molar-refractivity contribution in [1.82, 2.24) is 20.4 Å². The van der Waals surface area contributed by atoms with Crippen molar-refractivity contribution in [2.45, 2.75) is 96.7 Å². The highest BCUT2D eigenvalue weighted by Gasteiger charge is 2.41. The molecule has 0 saturated carbocycles. The number of carbonyl (C=O) groups excluding carboxylic acids is 5. The molecule has 14 heteroatoms. The minimum atomic E-state index is -1.77. The number of thioether (sulfide) groups is 1. The third-order valence-corrected chi connectivity index (χ3v) is 9.73. The largest absolute Gasteiger partial charge is 0.395 e. The van der Waals surface area contributed by atoms with E-state index in [0.29, 0.717) is 25.9 Å². The van der Waals surface area contributed by atoms with Crippen molar-refractivity contribution < 1.29 is 44.4 Å². The molecule has 0 spiro atoms. The number of aliphatic hydroxyl groups excluding tert-OH is 4. The van der Waals surface area contributed by atoms with Gasteiger partial charge in [-0.2, -0.15) is 0 Å². The summed E-state index contributed by atoms with van der Waals surface area (Å²) in [5.74, 6) is -3.75. The number of likely N-dealkylation sites (tertiary alicyclic amines) is 2. The molecule has 13 nitrogen and oxygen atoms in total. The number of carbonyl (C=O) groups is 5. The molecule has 0 aliphatic carbocycles. The molecule has 2 heterocycles. The Morgan fingerprint density at radius 1 is 1.05 bits per heavy atom. The fourth-order valence-electron chi connectivity index (χ4n) is 5.04. The van der Waals surface area contributed by atoms with Gasteiger partial charge < -0.3 is 25.7 Å². The fourth-order valence-corrected chi connectivity index (χ4v) is 6.09. The average molecular weight is 631 g/mol. The van der Waals surface area contributed by atoms with E-state index in [0.717, 1.165) is 16.7 Å². The van der Waals surface area contributed by atoms with Crippen LogP contribution in [0.5, 0.6) is 0 Å². The third kappa shape index (κ3) is 10.0. The van der Waals surface area contributed by atoms with Gasteiger partial charge in [0.25, 0.3) is 0 Å². The zero-order valence-corrected chi connectivity index (χ0v) is 26.9. The standard InChI is InChI=1S/C29H50N4O9S/c1-15(2)17(5)27(40)30-26(24(38)16(3)4)31-28(41)21(36)14-43-22-11-23(37)33(29(22)42)10-8-7-9-32-12-20(35)18(6)25(39)19(32)13-34/h15-20,22,25-26,28,31,34-35,39,41H,7-14H2,1-6H3,(H,30,40)/t17?,18-,19-,20+,22?,25-,26?,28?/m1/s1. The van der Waals surface area contributed by atoms with Crippen molar-refractivity contribution in [3.63, 3.8) is 0 Å². The van der Waals surface area contributed by atoms with Crippen LogP contribution in [0.25, 0.3) is 0 Å². The molecular weight excluding hydrogens is 580 g/mol. The van der Waals surface area contributed by atoms with Gasteiger partial charge in [-0.25, -0.2) is 0 Å². The van der Waals surface area contributed by atoms with E-state index >= 15 is 0 Å². The molecule has 6 N–H and O–H groups in total. The predicted octanol–water partition coefficient (Wildman–Crippen LogP) is -0.902. The summed E-state index contributed by atoms with van der Waals surface area (Å²) in [5, 5.41) is 45.0. The van der Waals surface area contributed by atoms with Crippen LogP contribution < -0.4 is 10.6 Å². The number of nitrogens with zero attached hydrogens (tertiary/aromatic N) is 2. The molecule has 246 valence electrons. The van der Waals surface area contributed by atoms with Gasteiger partial charge in [0, 0.05) is 37.3 Å². The lowest BCUT2D eigenvalue weighted by atomic mass is 9.87. The Hall–Kier alpha value is -1.94. The molecule has 3 amide bonds. The lowest BCUT2D eigenvalue weighted by Crippen LogP contribution is -2.59. The van der Waals surface area contributed by atoms with E-state index in [1.54, 1.807) is 27.7 Å². The van der Waals surface area contributed by atoms with E-state index in [1.807, 2.05) is 18.7 Å². The molecule has 2 rings (SSSR count). The highest BCUT2D eigenvalue weighted by molar-refractivity contribution is 8.01. The van der Waals surface area contributed by atoms with Crippen LogP contribution in [0.4, 0.5) is 0 Å². The zero-order valence-electron chi connectivity index (χ0n) is 26.1. The van der Waals surface area contributed by atoms with Crippen molar-refractivity contribution in [3.8, 4) is 0 Å². The number of imide groups is 1. The Bertz CT molecular complexity index is 997. The smallest absolute Gasteiger partial charge is 0.242 e. The Morgan fingerprint density at radius 3 is 2.26 bits per heavy atom. The number of piperidine rings is 1. The molecule has 2 aliphatic rings. The fraction of sp³-hybridized carbons (Fsp3) is 0.828. The lowest BCUT2D eigenvalue weighted by molar-refractivity contribution is -0.138. The number of unbranched alkanes of at least 4 members (excludes halogenated alkanes) is 1. The number of amides is 3. The molecule has 0 aromatic heterocycles. The Morgan fingerprint density at radius 2 is 1.67 bits per heavy atom. The summed E-state index contributed by atoms with van der Waals surface area (Å²) in [6.45, 7) is 11.2. The minimum Gasteiger partial charge on any atom is -0.395 e. The van der Waals surface area contributed by atoms with Crippen molar-refractivity contribution in [1.29, 1.82) is 0 Å². The SMILES string of the molecule is CC(C)C(=O)C(NC(=O)C(C)C(C)C)NC(O)C(=O)CSC1CC(=O)N(CCCCN2C[C@H](O)[C@@H](C)[C@@H](O)[C@H]2CO)C1=O. The van der Waals surface area contributed by atoms with Gasteiger partial charge in [-0.05, 0) is 25.3 Å².